The maximum absolute atomic E-state index is 13.7. The Balaban J connectivity index is 1.92. The number of nitrogens with two attached hydrogens (primary N) is 1. The number of nitrogens with zero attached hydrogens (tertiary/aromatic N) is 2. The van der Waals surface area contributed by atoms with E-state index in [1.54, 1.807) is 0 Å². The predicted molar refractivity (Wildman–Crippen MR) is 68.5 cm³/mol. The number of hydrogen-bond acceptors (Lipinski definition) is 2. The first-order valence-corrected chi connectivity index (χ1v) is 6.76. The molecular weight excluding hydrogens is 248 g/mol. The summed E-state index contributed by atoms with van der Waals surface area (Å²) in [6.07, 6.45) is 4.72. The molecule has 2 saturated carbocycles. The summed E-state index contributed by atoms with van der Waals surface area (Å²) in [7, 11) is 0. The van der Waals surface area contributed by atoms with E-state index < -0.39 is 11.6 Å². The Hall–Kier alpha value is -1.65. The number of fused-ring (bicyclic) bond motifs is 3. The standard InChI is InChI=1S/C14H15F2N3/c15-9-5-10(16)13-12(6-9)19(14(17)18-13)11-4-7-1-2-8(11)3-7/h5-8,11H,1-4H2,(H2,17,18). The van der Waals surface area contributed by atoms with E-state index >= 15 is 0 Å². The number of halogens is 2. The first kappa shape index (κ1) is 11.2. The molecule has 0 radical (unpaired) electrons. The van der Waals surface area contributed by atoms with Gasteiger partial charge in [-0.2, -0.15) is 0 Å². The molecule has 2 aromatic rings. The summed E-state index contributed by atoms with van der Waals surface area (Å²) in [6, 6.07) is 2.46. The zero-order chi connectivity index (χ0) is 13.1. The average Bonchev–Trinajstić information content (AvgIpc) is 3.02. The topological polar surface area (TPSA) is 43.8 Å². The van der Waals surface area contributed by atoms with E-state index in [2.05, 4.69) is 4.98 Å². The Morgan fingerprint density at radius 2 is 2.05 bits per heavy atom. The lowest BCUT2D eigenvalue weighted by Crippen LogP contribution is -2.18. The number of anilines is 1. The highest BCUT2D eigenvalue weighted by Crippen LogP contribution is 2.52. The van der Waals surface area contributed by atoms with Crippen molar-refractivity contribution in [2.75, 3.05) is 5.73 Å². The van der Waals surface area contributed by atoms with Gasteiger partial charge < -0.3 is 10.3 Å². The maximum atomic E-state index is 13.7. The van der Waals surface area contributed by atoms with Crippen molar-refractivity contribution in [1.82, 2.24) is 9.55 Å². The quantitative estimate of drug-likeness (QED) is 0.858. The van der Waals surface area contributed by atoms with Gasteiger partial charge in [0, 0.05) is 18.2 Å². The Morgan fingerprint density at radius 1 is 1.21 bits per heavy atom. The largest absolute Gasteiger partial charge is 0.369 e. The number of nitrogen functional groups attached to an aromatic ring is 1. The molecule has 100 valence electrons. The van der Waals surface area contributed by atoms with Crippen LogP contribution in [0.3, 0.4) is 0 Å². The number of hydrogen-bond donors (Lipinski definition) is 1. The molecule has 2 bridgehead atoms. The molecule has 3 nitrogen and oxygen atoms in total. The van der Waals surface area contributed by atoms with E-state index in [9.17, 15) is 8.78 Å². The van der Waals surface area contributed by atoms with Crippen molar-refractivity contribution in [2.45, 2.75) is 31.7 Å². The van der Waals surface area contributed by atoms with Gasteiger partial charge in [0.1, 0.15) is 11.3 Å². The molecule has 0 saturated heterocycles. The van der Waals surface area contributed by atoms with E-state index in [1.807, 2.05) is 4.57 Å². The summed E-state index contributed by atoms with van der Waals surface area (Å²) in [4.78, 5) is 4.08. The van der Waals surface area contributed by atoms with Crippen LogP contribution in [0, 0.1) is 23.5 Å². The number of aromatic nitrogens is 2. The Labute approximate surface area is 109 Å². The van der Waals surface area contributed by atoms with E-state index in [0.717, 1.165) is 18.4 Å². The van der Waals surface area contributed by atoms with Gasteiger partial charge in [-0.1, -0.05) is 6.42 Å². The maximum Gasteiger partial charge on any atom is 0.201 e. The summed E-state index contributed by atoms with van der Waals surface area (Å²) in [5.74, 6) is 0.413. The molecule has 2 fully saturated rings. The highest BCUT2D eigenvalue weighted by Gasteiger charge is 2.41. The van der Waals surface area contributed by atoms with Crippen molar-refractivity contribution in [1.29, 1.82) is 0 Å². The highest BCUT2D eigenvalue weighted by molar-refractivity contribution is 5.79. The van der Waals surface area contributed by atoms with Crippen LogP contribution in [0.4, 0.5) is 14.7 Å². The molecule has 3 atom stereocenters. The monoisotopic (exact) mass is 263 g/mol. The summed E-state index contributed by atoms with van der Waals surface area (Å²) >= 11 is 0. The van der Waals surface area contributed by atoms with Crippen LogP contribution >= 0.6 is 0 Å². The van der Waals surface area contributed by atoms with Gasteiger partial charge in [0.2, 0.25) is 5.95 Å². The third-order valence-electron chi connectivity index (χ3n) is 4.77. The van der Waals surface area contributed by atoms with Gasteiger partial charge in [0.15, 0.2) is 5.82 Å². The van der Waals surface area contributed by atoms with Crippen molar-refractivity contribution >= 4 is 17.0 Å². The lowest BCUT2D eigenvalue weighted by Gasteiger charge is -2.24. The van der Waals surface area contributed by atoms with Crippen LogP contribution in [0.25, 0.3) is 11.0 Å². The predicted octanol–water partition coefficient (Wildman–Crippen LogP) is 3.26. The molecule has 1 aromatic heterocycles. The normalized spacial score (nSPS) is 29.5. The third kappa shape index (κ3) is 1.50. The second kappa shape index (κ2) is 3.68. The minimum Gasteiger partial charge on any atom is -0.369 e. The third-order valence-corrected chi connectivity index (χ3v) is 4.77. The Kier molecular flexibility index (Phi) is 2.17. The fraction of sp³-hybridized carbons (Fsp3) is 0.500. The first-order chi connectivity index (χ1) is 9.13. The van der Waals surface area contributed by atoms with E-state index in [0.29, 0.717) is 17.4 Å². The fourth-order valence-electron chi connectivity index (χ4n) is 4.01. The van der Waals surface area contributed by atoms with Crippen molar-refractivity contribution in [3.05, 3.63) is 23.8 Å². The van der Waals surface area contributed by atoms with Crippen LogP contribution in [0.5, 0.6) is 0 Å². The molecule has 3 unspecified atom stereocenters. The molecule has 0 aliphatic heterocycles. The molecule has 5 heteroatoms. The lowest BCUT2D eigenvalue weighted by molar-refractivity contribution is 0.339. The minimum atomic E-state index is -0.636. The van der Waals surface area contributed by atoms with Gasteiger partial charge in [-0.25, -0.2) is 13.8 Å². The molecule has 19 heavy (non-hydrogen) atoms. The zero-order valence-corrected chi connectivity index (χ0v) is 10.4. The van der Waals surface area contributed by atoms with Crippen molar-refractivity contribution in [3.63, 3.8) is 0 Å². The SMILES string of the molecule is Nc1nc2c(F)cc(F)cc2n1C1CC2CCC1C2. The number of imidazole rings is 1. The van der Waals surface area contributed by atoms with E-state index in [4.69, 9.17) is 5.73 Å². The van der Waals surface area contributed by atoms with Crippen molar-refractivity contribution < 1.29 is 8.78 Å². The molecule has 2 aliphatic carbocycles. The first-order valence-electron chi connectivity index (χ1n) is 6.76. The van der Waals surface area contributed by atoms with Gasteiger partial charge >= 0.3 is 0 Å². The molecule has 2 aliphatic rings. The smallest absolute Gasteiger partial charge is 0.201 e. The lowest BCUT2D eigenvalue weighted by atomic mass is 9.95. The van der Waals surface area contributed by atoms with Gasteiger partial charge in [-0.05, 0) is 31.1 Å². The van der Waals surface area contributed by atoms with Gasteiger partial charge in [0.05, 0.1) is 5.52 Å². The van der Waals surface area contributed by atoms with Gasteiger partial charge in [-0.15, -0.1) is 0 Å². The van der Waals surface area contributed by atoms with E-state index in [1.165, 1.54) is 25.3 Å². The van der Waals surface area contributed by atoms with Crippen LogP contribution < -0.4 is 5.73 Å². The molecule has 0 amide bonds. The highest BCUT2D eigenvalue weighted by atomic mass is 19.1. The molecule has 2 N–H and O–H groups in total. The van der Waals surface area contributed by atoms with E-state index in [-0.39, 0.29) is 11.6 Å². The number of rotatable bonds is 1. The molecule has 4 rings (SSSR count). The molecular formula is C14H15F2N3. The molecule has 1 aromatic carbocycles. The number of benzene rings is 1. The zero-order valence-electron chi connectivity index (χ0n) is 10.4. The Bertz CT molecular complexity index is 664. The van der Waals surface area contributed by atoms with Crippen molar-refractivity contribution in [2.24, 2.45) is 11.8 Å². The van der Waals surface area contributed by atoms with Crippen LogP contribution in [-0.4, -0.2) is 9.55 Å². The van der Waals surface area contributed by atoms with Crippen LogP contribution in [0.2, 0.25) is 0 Å². The Morgan fingerprint density at radius 3 is 2.74 bits per heavy atom. The second-order valence-corrected chi connectivity index (χ2v) is 5.84. The van der Waals surface area contributed by atoms with Gasteiger partial charge in [-0.3, -0.25) is 0 Å². The fourth-order valence-corrected chi connectivity index (χ4v) is 4.01. The summed E-state index contributed by atoms with van der Waals surface area (Å²) < 4.78 is 29.0. The molecule has 0 spiro atoms. The summed E-state index contributed by atoms with van der Waals surface area (Å²) in [6.45, 7) is 0. The van der Waals surface area contributed by atoms with Crippen LogP contribution in [0.1, 0.15) is 31.7 Å². The second-order valence-electron chi connectivity index (χ2n) is 5.84. The minimum absolute atomic E-state index is 0.182. The van der Waals surface area contributed by atoms with Crippen LogP contribution in [-0.2, 0) is 0 Å². The van der Waals surface area contributed by atoms with Crippen molar-refractivity contribution in [3.8, 4) is 0 Å². The molecule has 1 heterocycles. The summed E-state index contributed by atoms with van der Waals surface area (Å²) in [5.41, 5.74) is 6.62. The average molecular weight is 263 g/mol. The van der Waals surface area contributed by atoms with Crippen LogP contribution in [0.15, 0.2) is 12.1 Å². The van der Waals surface area contributed by atoms with Gasteiger partial charge in [0.25, 0.3) is 0 Å². The summed E-state index contributed by atoms with van der Waals surface area (Å²) in [5, 5.41) is 0.